The molecule has 0 unspecified atom stereocenters. The van der Waals surface area contributed by atoms with E-state index in [0.717, 1.165) is 39.0 Å². The van der Waals surface area contributed by atoms with Crippen molar-refractivity contribution in [3.05, 3.63) is 63.4 Å². The lowest BCUT2D eigenvalue weighted by Gasteiger charge is -2.33. The maximum atomic E-state index is 13.2. The molecule has 5 rings (SSSR count). The van der Waals surface area contributed by atoms with Crippen molar-refractivity contribution in [3.8, 4) is 11.4 Å². The first-order chi connectivity index (χ1) is 12.5. The van der Waals surface area contributed by atoms with Crippen LogP contribution in [0.4, 0.5) is 0 Å². The highest BCUT2D eigenvalue weighted by molar-refractivity contribution is 5.92. The molecule has 0 saturated heterocycles. The van der Waals surface area contributed by atoms with Gasteiger partial charge in [-0.2, -0.15) is 0 Å². The summed E-state index contributed by atoms with van der Waals surface area (Å²) in [6.45, 7) is 4.57. The number of nitrogens with zero attached hydrogens (tertiary/aromatic N) is 2. The summed E-state index contributed by atoms with van der Waals surface area (Å²) in [4.78, 5) is 30.7. The fourth-order valence-corrected chi connectivity index (χ4v) is 4.50. The average molecular weight is 344 g/mol. The highest BCUT2D eigenvalue weighted by Crippen LogP contribution is 2.40. The number of carbonyl (C=O) groups is 1. The number of ketones is 1. The number of fused-ring (bicyclic) bond motifs is 5. The van der Waals surface area contributed by atoms with Gasteiger partial charge in [0.1, 0.15) is 5.78 Å². The van der Waals surface area contributed by atoms with Crippen LogP contribution in [0.3, 0.4) is 0 Å². The van der Waals surface area contributed by atoms with E-state index < -0.39 is 5.41 Å². The Hall–Kier alpha value is -2.75. The number of pyridine rings is 2. The standard InChI is InChI=1S/C22H20N2O2/c1-3-22(2)16-11-18-20-14(10-13-6-4-5-7-17(13)23-20)12-24(18)21(26)15(16)8-9-19(22)25/h4-7,10-11H,3,8-9,12H2,1-2H3/t22-/m1/s1. The molecule has 0 radical (unpaired) electrons. The van der Waals surface area contributed by atoms with Crippen LogP contribution in [-0.2, 0) is 23.2 Å². The zero-order chi connectivity index (χ0) is 18.1. The van der Waals surface area contributed by atoms with E-state index in [2.05, 4.69) is 12.1 Å². The van der Waals surface area contributed by atoms with E-state index in [-0.39, 0.29) is 11.3 Å². The monoisotopic (exact) mass is 344 g/mol. The number of Topliss-reactive ketones (excluding diaryl/α,β-unsaturated/α-hetero) is 1. The second kappa shape index (κ2) is 5.13. The molecule has 4 heteroatoms. The molecule has 26 heavy (non-hydrogen) atoms. The van der Waals surface area contributed by atoms with Gasteiger partial charge in [-0.15, -0.1) is 0 Å². The van der Waals surface area contributed by atoms with Crippen molar-refractivity contribution in [1.82, 2.24) is 9.55 Å². The van der Waals surface area contributed by atoms with Crippen LogP contribution in [0.25, 0.3) is 22.3 Å². The van der Waals surface area contributed by atoms with Crippen molar-refractivity contribution in [1.29, 1.82) is 0 Å². The van der Waals surface area contributed by atoms with Gasteiger partial charge in [-0.05, 0) is 43.5 Å². The summed E-state index contributed by atoms with van der Waals surface area (Å²) in [5, 5.41) is 1.09. The van der Waals surface area contributed by atoms with Crippen LogP contribution < -0.4 is 5.56 Å². The molecule has 0 amide bonds. The largest absolute Gasteiger partial charge is 0.302 e. The molecule has 3 aromatic rings. The van der Waals surface area contributed by atoms with Gasteiger partial charge in [-0.25, -0.2) is 4.98 Å². The molecule has 1 aliphatic heterocycles. The van der Waals surface area contributed by atoms with Crippen LogP contribution >= 0.6 is 0 Å². The molecule has 1 atom stereocenters. The molecule has 130 valence electrons. The Morgan fingerprint density at radius 1 is 1.15 bits per heavy atom. The van der Waals surface area contributed by atoms with Crippen LogP contribution in [0, 0.1) is 0 Å². The summed E-state index contributed by atoms with van der Waals surface area (Å²) in [7, 11) is 0. The minimum atomic E-state index is -0.568. The Labute approximate surface area is 151 Å². The Kier molecular flexibility index (Phi) is 3.06. The summed E-state index contributed by atoms with van der Waals surface area (Å²) < 4.78 is 1.83. The number of benzene rings is 1. The lowest BCUT2D eigenvalue weighted by Crippen LogP contribution is -2.41. The molecule has 0 N–H and O–H groups in total. The maximum Gasteiger partial charge on any atom is 0.254 e. The topological polar surface area (TPSA) is 52.0 Å². The van der Waals surface area contributed by atoms with Crippen LogP contribution in [0.15, 0.2) is 41.2 Å². The van der Waals surface area contributed by atoms with E-state index in [0.29, 0.717) is 25.8 Å². The van der Waals surface area contributed by atoms with Crippen molar-refractivity contribution in [3.63, 3.8) is 0 Å². The summed E-state index contributed by atoms with van der Waals surface area (Å²) in [6, 6.07) is 12.2. The zero-order valence-electron chi connectivity index (χ0n) is 15.0. The second-order valence-electron chi connectivity index (χ2n) is 7.61. The van der Waals surface area contributed by atoms with Crippen LogP contribution in [0.5, 0.6) is 0 Å². The molecule has 0 fully saturated rings. The lowest BCUT2D eigenvalue weighted by atomic mass is 9.69. The molecule has 0 saturated carbocycles. The van der Waals surface area contributed by atoms with Crippen LogP contribution in [-0.4, -0.2) is 15.3 Å². The number of hydrogen-bond acceptors (Lipinski definition) is 3. The predicted molar refractivity (Wildman–Crippen MR) is 102 cm³/mol. The van der Waals surface area contributed by atoms with Gasteiger partial charge in [0.05, 0.1) is 28.9 Å². The molecule has 2 aliphatic rings. The minimum Gasteiger partial charge on any atom is -0.302 e. The molecular formula is C22H20N2O2. The first kappa shape index (κ1) is 15.5. The van der Waals surface area contributed by atoms with Gasteiger partial charge in [0, 0.05) is 22.9 Å². The predicted octanol–water partition coefficient (Wildman–Crippen LogP) is 3.61. The van der Waals surface area contributed by atoms with Gasteiger partial charge in [0.2, 0.25) is 0 Å². The Bertz CT molecular complexity index is 1160. The van der Waals surface area contributed by atoms with E-state index in [9.17, 15) is 9.59 Å². The van der Waals surface area contributed by atoms with Gasteiger partial charge in [0.25, 0.3) is 5.56 Å². The quantitative estimate of drug-likeness (QED) is 0.530. The van der Waals surface area contributed by atoms with Gasteiger partial charge in [-0.3, -0.25) is 9.59 Å². The number of para-hydroxylation sites is 1. The highest BCUT2D eigenvalue weighted by atomic mass is 16.1. The van der Waals surface area contributed by atoms with Crippen molar-refractivity contribution in [2.75, 3.05) is 0 Å². The average Bonchev–Trinajstić information content (AvgIpc) is 3.01. The van der Waals surface area contributed by atoms with Crippen molar-refractivity contribution in [2.45, 2.75) is 45.1 Å². The second-order valence-corrected chi connectivity index (χ2v) is 7.61. The lowest BCUT2D eigenvalue weighted by molar-refractivity contribution is -0.124. The van der Waals surface area contributed by atoms with Gasteiger partial charge < -0.3 is 4.57 Å². The fourth-order valence-electron chi connectivity index (χ4n) is 4.50. The van der Waals surface area contributed by atoms with Gasteiger partial charge >= 0.3 is 0 Å². The number of hydrogen-bond donors (Lipinski definition) is 0. The third-order valence-electron chi connectivity index (χ3n) is 6.29. The third kappa shape index (κ3) is 1.87. The maximum absolute atomic E-state index is 13.2. The Morgan fingerprint density at radius 3 is 2.77 bits per heavy atom. The van der Waals surface area contributed by atoms with E-state index in [1.54, 1.807) is 0 Å². The molecule has 1 aliphatic carbocycles. The normalized spacial score (nSPS) is 20.8. The summed E-state index contributed by atoms with van der Waals surface area (Å²) in [5.41, 5.74) is 4.94. The summed E-state index contributed by atoms with van der Waals surface area (Å²) in [6.07, 6.45) is 1.72. The summed E-state index contributed by atoms with van der Waals surface area (Å²) in [5.74, 6) is 0.238. The molecule has 4 nitrogen and oxygen atoms in total. The zero-order valence-corrected chi connectivity index (χ0v) is 15.0. The van der Waals surface area contributed by atoms with Crippen molar-refractivity contribution >= 4 is 16.7 Å². The van der Waals surface area contributed by atoms with E-state index >= 15 is 0 Å². The summed E-state index contributed by atoms with van der Waals surface area (Å²) >= 11 is 0. The smallest absolute Gasteiger partial charge is 0.254 e. The van der Waals surface area contributed by atoms with Crippen LogP contribution in [0.1, 0.15) is 43.4 Å². The minimum absolute atomic E-state index is 0.0479. The van der Waals surface area contributed by atoms with E-state index in [1.807, 2.05) is 42.7 Å². The van der Waals surface area contributed by atoms with Gasteiger partial charge in [-0.1, -0.05) is 25.1 Å². The molecule has 1 aromatic carbocycles. The van der Waals surface area contributed by atoms with Crippen molar-refractivity contribution in [2.24, 2.45) is 0 Å². The Balaban J connectivity index is 1.81. The molecule has 0 spiro atoms. The first-order valence-electron chi connectivity index (χ1n) is 9.22. The molecular weight excluding hydrogens is 324 g/mol. The van der Waals surface area contributed by atoms with E-state index in [4.69, 9.17) is 4.98 Å². The number of aromatic nitrogens is 2. The third-order valence-corrected chi connectivity index (χ3v) is 6.29. The Morgan fingerprint density at radius 2 is 1.96 bits per heavy atom. The number of rotatable bonds is 1. The number of carbonyl (C=O) groups excluding carboxylic acids is 1. The van der Waals surface area contributed by atoms with E-state index in [1.165, 1.54) is 0 Å². The van der Waals surface area contributed by atoms with Crippen molar-refractivity contribution < 1.29 is 4.79 Å². The molecule has 2 aromatic heterocycles. The van der Waals surface area contributed by atoms with Gasteiger partial charge in [0.15, 0.2) is 0 Å². The SMILES string of the molecule is CC[C@@]1(C)C(=O)CCc2c1cc1n(c2=O)Cc2cc3ccccc3nc2-1. The molecule has 0 bridgehead atoms. The molecule has 3 heterocycles. The fraction of sp³-hybridized carbons (Fsp3) is 0.318. The highest BCUT2D eigenvalue weighted by Gasteiger charge is 2.40. The first-order valence-corrected chi connectivity index (χ1v) is 9.22. The van der Waals surface area contributed by atoms with Crippen LogP contribution in [0.2, 0.25) is 0 Å².